The number of benzene rings is 2. The van der Waals surface area contributed by atoms with Gasteiger partial charge in [0.05, 0.1) is 18.0 Å². The Morgan fingerprint density at radius 3 is 2.52 bits per heavy atom. The normalized spacial score (nSPS) is 17.5. The van der Waals surface area contributed by atoms with E-state index in [9.17, 15) is 8.42 Å². The number of hydrogen-bond donors (Lipinski definition) is 0. The first-order valence-corrected chi connectivity index (χ1v) is 10.1. The molecule has 0 N–H and O–H groups in total. The van der Waals surface area contributed by atoms with E-state index in [4.69, 9.17) is 11.6 Å². The predicted octanol–water partition coefficient (Wildman–Crippen LogP) is 3.52. The van der Waals surface area contributed by atoms with E-state index in [0.29, 0.717) is 11.4 Å². The van der Waals surface area contributed by atoms with Crippen LogP contribution in [0.15, 0.2) is 53.6 Å². The van der Waals surface area contributed by atoms with Crippen molar-refractivity contribution in [3.8, 4) is 0 Å². The summed E-state index contributed by atoms with van der Waals surface area (Å²) in [5, 5.41) is 5.00. The van der Waals surface area contributed by atoms with Gasteiger partial charge in [0.1, 0.15) is 0 Å². The summed E-state index contributed by atoms with van der Waals surface area (Å²) in [4.78, 5) is 2.00. The maximum absolute atomic E-state index is 12.2. The fourth-order valence-corrected chi connectivity index (χ4v) is 4.00. The topological polar surface area (TPSA) is 53.0 Å². The summed E-state index contributed by atoms with van der Waals surface area (Å²) in [5.74, 6) is 0. The molecule has 0 aromatic heterocycles. The molecule has 7 heteroatoms. The minimum absolute atomic E-state index is 0.383. The lowest BCUT2D eigenvalue weighted by Gasteiger charge is -2.21. The lowest BCUT2D eigenvalue weighted by Crippen LogP contribution is -2.25. The Balaban J connectivity index is 2.01. The van der Waals surface area contributed by atoms with Gasteiger partial charge >= 0.3 is 0 Å². The predicted molar refractivity (Wildman–Crippen MR) is 103 cm³/mol. The second-order valence-electron chi connectivity index (χ2n) is 6.30. The maximum Gasteiger partial charge on any atom is 0.247 e. The Bertz CT molecular complexity index is 925. The van der Waals surface area contributed by atoms with E-state index < -0.39 is 10.0 Å². The summed E-state index contributed by atoms with van der Waals surface area (Å²) < 4.78 is 25.7. The minimum atomic E-state index is -3.49. The van der Waals surface area contributed by atoms with Crippen molar-refractivity contribution in [2.24, 2.45) is 5.10 Å². The summed E-state index contributed by atoms with van der Waals surface area (Å²) in [6.45, 7) is 0. The Labute approximate surface area is 153 Å². The van der Waals surface area contributed by atoms with Gasteiger partial charge in [-0.15, -0.1) is 0 Å². The molecular formula is C18H20ClN3O2S. The fourth-order valence-electron chi connectivity index (χ4n) is 2.89. The van der Waals surface area contributed by atoms with Gasteiger partial charge in [0.15, 0.2) is 0 Å². The van der Waals surface area contributed by atoms with E-state index in [-0.39, 0.29) is 6.04 Å². The number of rotatable bonds is 4. The third kappa shape index (κ3) is 3.80. The molecule has 132 valence electrons. The number of hydrogen-bond acceptors (Lipinski definition) is 4. The van der Waals surface area contributed by atoms with Gasteiger partial charge in [0.2, 0.25) is 10.0 Å². The molecule has 3 rings (SSSR count). The first-order valence-electron chi connectivity index (χ1n) is 7.86. The van der Waals surface area contributed by atoms with Crippen molar-refractivity contribution in [1.29, 1.82) is 0 Å². The lowest BCUT2D eigenvalue weighted by molar-refractivity contribution is 0.375. The van der Waals surface area contributed by atoms with Crippen LogP contribution in [0.4, 0.5) is 5.69 Å². The maximum atomic E-state index is 12.2. The molecule has 5 nitrogen and oxygen atoms in total. The second kappa shape index (κ2) is 6.69. The number of anilines is 1. The van der Waals surface area contributed by atoms with Gasteiger partial charge in [0.25, 0.3) is 0 Å². The molecule has 0 fully saturated rings. The summed E-state index contributed by atoms with van der Waals surface area (Å²) in [5.41, 5.74) is 3.54. The molecule has 25 heavy (non-hydrogen) atoms. The van der Waals surface area contributed by atoms with Crippen LogP contribution in [0.5, 0.6) is 0 Å². The number of hydrazone groups is 1. The zero-order valence-electron chi connectivity index (χ0n) is 14.3. The van der Waals surface area contributed by atoms with Crippen molar-refractivity contribution < 1.29 is 8.42 Å². The zero-order valence-corrected chi connectivity index (χ0v) is 15.9. The van der Waals surface area contributed by atoms with Crippen LogP contribution in [-0.4, -0.2) is 38.9 Å². The minimum Gasteiger partial charge on any atom is -0.378 e. The molecule has 1 atom stereocenters. The lowest BCUT2D eigenvalue weighted by atomic mass is 9.99. The molecule has 0 bridgehead atoms. The van der Waals surface area contributed by atoms with Gasteiger partial charge in [-0.25, -0.2) is 8.42 Å². The van der Waals surface area contributed by atoms with Crippen molar-refractivity contribution in [3.63, 3.8) is 0 Å². The third-order valence-electron chi connectivity index (χ3n) is 4.14. The average Bonchev–Trinajstić information content (AvgIpc) is 3.00. The largest absolute Gasteiger partial charge is 0.378 e. The van der Waals surface area contributed by atoms with Crippen molar-refractivity contribution in [2.45, 2.75) is 12.5 Å². The standard InChI is InChI=1S/C18H20ClN3O2S/c1-21(2)16-9-5-6-13(11-16)17-12-18(22(20-17)25(3,23)24)14-7-4-8-15(19)10-14/h4-11,18H,12H2,1-3H3. The highest BCUT2D eigenvalue weighted by molar-refractivity contribution is 7.88. The van der Waals surface area contributed by atoms with Gasteiger partial charge in [-0.05, 0) is 35.4 Å². The molecule has 1 heterocycles. The van der Waals surface area contributed by atoms with E-state index in [0.717, 1.165) is 22.5 Å². The molecule has 0 amide bonds. The van der Waals surface area contributed by atoms with Crippen molar-refractivity contribution in [3.05, 3.63) is 64.7 Å². The van der Waals surface area contributed by atoms with E-state index >= 15 is 0 Å². The van der Waals surface area contributed by atoms with E-state index in [1.807, 2.05) is 55.4 Å². The van der Waals surface area contributed by atoms with Crippen LogP contribution >= 0.6 is 11.6 Å². The highest BCUT2D eigenvalue weighted by atomic mass is 35.5. The summed E-state index contributed by atoms with van der Waals surface area (Å²) >= 11 is 6.08. The third-order valence-corrected chi connectivity index (χ3v) is 5.39. The molecule has 0 spiro atoms. The van der Waals surface area contributed by atoms with Gasteiger partial charge in [-0.2, -0.15) is 9.52 Å². The Morgan fingerprint density at radius 1 is 1.16 bits per heavy atom. The molecule has 0 saturated heterocycles. The number of sulfonamides is 1. The monoisotopic (exact) mass is 377 g/mol. The average molecular weight is 378 g/mol. The first kappa shape index (κ1) is 17.8. The van der Waals surface area contributed by atoms with E-state index in [2.05, 4.69) is 5.10 Å². The van der Waals surface area contributed by atoms with Crippen LogP contribution in [-0.2, 0) is 10.0 Å². The number of nitrogens with zero attached hydrogens (tertiary/aromatic N) is 3. The van der Waals surface area contributed by atoms with Gasteiger partial charge in [0, 0.05) is 31.2 Å². The molecule has 1 aliphatic rings. The number of halogens is 1. The molecule has 1 aliphatic heterocycles. The Hall–Kier alpha value is -2.05. The van der Waals surface area contributed by atoms with Gasteiger partial charge in [-0.3, -0.25) is 0 Å². The smallest absolute Gasteiger partial charge is 0.247 e. The Morgan fingerprint density at radius 2 is 1.88 bits per heavy atom. The van der Waals surface area contributed by atoms with Crippen LogP contribution in [0.3, 0.4) is 0 Å². The van der Waals surface area contributed by atoms with Crippen molar-refractivity contribution in [1.82, 2.24) is 4.41 Å². The summed E-state index contributed by atoms with van der Waals surface area (Å²) in [6.07, 6.45) is 1.68. The second-order valence-corrected chi connectivity index (χ2v) is 8.58. The molecule has 0 aliphatic carbocycles. The summed E-state index contributed by atoms with van der Waals surface area (Å²) in [7, 11) is 0.443. The highest BCUT2D eigenvalue weighted by Gasteiger charge is 2.34. The van der Waals surface area contributed by atoms with Crippen molar-refractivity contribution >= 4 is 33.0 Å². The Kier molecular flexibility index (Phi) is 4.75. The molecule has 2 aromatic carbocycles. The van der Waals surface area contributed by atoms with Crippen LogP contribution in [0.2, 0.25) is 5.02 Å². The van der Waals surface area contributed by atoms with Crippen LogP contribution < -0.4 is 4.90 Å². The van der Waals surface area contributed by atoms with Crippen LogP contribution in [0.1, 0.15) is 23.6 Å². The molecular weight excluding hydrogens is 358 g/mol. The van der Waals surface area contributed by atoms with Gasteiger partial charge in [-0.1, -0.05) is 35.9 Å². The molecule has 1 unspecified atom stereocenters. The molecule has 0 saturated carbocycles. The first-order chi connectivity index (χ1) is 11.8. The SMILES string of the molecule is CN(C)c1cccc(C2=NN(S(C)(=O)=O)C(c3cccc(Cl)c3)C2)c1. The fraction of sp³-hybridized carbons (Fsp3) is 0.278. The van der Waals surface area contributed by atoms with Gasteiger partial charge < -0.3 is 4.90 Å². The highest BCUT2D eigenvalue weighted by Crippen LogP contribution is 2.35. The van der Waals surface area contributed by atoms with Crippen LogP contribution in [0.25, 0.3) is 0 Å². The summed E-state index contributed by atoms with van der Waals surface area (Å²) in [6, 6.07) is 14.8. The van der Waals surface area contributed by atoms with E-state index in [1.54, 1.807) is 12.1 Å². The molecule has 2 aromatic rings. The van der Waals surface area contributed by atoms with E-state index in [1.165, 1.54) is 10.7 Å². The van der Waals surface area contributed by atoms with Crippen LogP contribution in [0, 0.1) is 0 Å². The molecule has 0 radical (unpaired) electrons. The quantitative estimate of drug-likeness (QED) is 0.819. The van der Waals surface area contributed by atoms with Crippen molar-refractivity contribution in [2.75, 3.05) is 25.3 Å². The zero-order chi connectivity index (χ0) is 18.2.